The van der Waals surface area contributed by atoms with Gasteiger partial charge < -0.3 is 5.11 Å². The van der Waals surface area contributed by atoms with E-state index in [4.69, 9.17) is 0 Å². The minimum atomic E-state index is -0.254. The monoisotopic (exact) mass is 374 g/mol. The lowest BCUT2D eigenvalue weighted by Crippen LogP contribution is -2.46. The molecular weight excluding hydrogens is 340 g/mol. The fraction of sp³-hybridized carbons (Fsp3) is 0.818. The van der Waals surface area contributed by atoms with Gasteiger partial charge in [-0.15, -0.1) is 0 Å². The fourth-order valence-corrected chi connectivity index (χ4v) is 5.73. The standard InChI is InChI=1S/C22H34N2O3/c25-20-19(16-10-4-1-5-11-16)21(26)24(18-14-8-3-9-15-18)22(27)23(20)17-12-6-2-7-13-17/h16-18,25H,1-15H2. The Morgan fingerprint density at radius 2 is 1.07 bits per heavy atom. The molecule has 5 heteroatoms. The van der Waals surface area contributed by atoms with E-state index in [1.807, 2.05) is 0 Å². The van der Waals surface area contributed by atoms with Crippen molar-refractivity contribution in [2.75, 3.05) is 0 Å². The summed E-state index contributed by atoms with van der Waals surface area (Å²) >= 11 is 0. The maximum absolute atomic E-state index is 13.4. The largest absolute Gasteiger partial charge is 0.494 e. The van der Waals surface area contributed by atoms with Crippen molar-refractivity contribution in [1.29, 1.82) is 0 Å². The molecule has 4 rings (SSSR count). The SMILES string of the molecule is O=c1c(C2CCCCC2)c(O)n(C2CCCCC2)c(=O)n1C1CCCCC1. The van der Waals surface area contributed by atoms with E-state index < -0.39 is 0 Å². The van der Waals surface area contributed by atoms with E-state index in [1.54, 1.807) is 9.13 Å². The molecule has 3 aliphatic rings. The number of hydrogen-bond acceptors (Lipinski definition) is 3. The molecule has 3 fully saturated rings. The second-order valence-corrected chi connectivity index (χ2v) is 8.98. The molecule has 27 heavy (non-hydrogen) atoms. The van der Waals surface area contributed by atoms with Crippen LogP contribution in [0, 0.1) is 0 Å². The topological polar surface area (TPSA) is 64.2 Å². The van der Waals surface area contributed by atoms with E-state index in [1.165, 1.54) is 19.3 Å². The normalized spacial score (nSPS) is 23.6. The van der Waals surface area contributed by atoms with Crippen molar-refractivity contribution in [3.05, 3.63) is 26.4 Å². The van der Waals surface area contributed by atoms with E-state index >= 15 is 0 Å². The average Bonchev–Trinajstić information content (AvgIpc) is 2.70. The maximum atomic E-state index is 13.4. The Balaban J connectivity index is 1.86. The van der Waals surface area contributed by atoms with Gasteiger partial charge in [0.25, 0.3) is 5.56 Å². The summed E-state index contributed by atoms with van der Waals surface area (Å²) in [5.41, 5.74) is 0.102. The van der Waals surface area contributed by atoms with Crippen LogP contribution in [-0.2, 0) is 0 Å². The quantitative estimate of drug-likeness (QED) is 0.828. The summed E-state index contributed by atoms with van der Waals surface area (Å²) in [6.45, 7) is 0. The number of aromatic hydroxyl groups is 1. The van der Waals surface area contributed by atoms with Gasteiger partial charge in [-0.2, -0.15) is 0 Å². The van der Waals surface area contributed by atoms with Gasteiger partial charge >= 0.3 is 5.69 Å². The van der Waals surface area contributed by atoms with Crippen molar-refractivity contribution in [3.8, 4) is 5.88 Å². The molecule has 0 amide bonds. The minimum absolute atomic E-state index is 0.00383. The first-order valence-corrected chi connectivity index (χ1v) is 11.3. The molecule has 0 bridgehead atoms. The third-order valence-electron chi connectivity index (χ3n) is 7.22. The molecule has 0 saturated heterocycles. The van der Waals surface area contributed by atoms with Crippen molar-refractivity contribution < 1.29 is 5.11 Å². The molecule has 1 aromatic heterocycles. The molecule has 1 heterocycles. The number of aromatic nitrogens is 2. The van der Waals surface area contributed by atoms with Crippen LogP contribution in [-0.4, -0.2) is 14.2 Å². The number of hydrogen-bond donors (Lipinski definition) is 1. The highest BCUT2D eigenvalue weighted by atomic mass is 16.3. The molecule has 0 radical (unpaired) electrons. The van der Waals surface area contributed by atoms with Crippen LogP contribution in [0.15, 0.2) is 9.59 Å². The van der Waals surface area contributed by atoms with Crippen molar-refractivity contribution in [2.24, 2.45) is 0 Å². The van der Waals surface area contributed by atoms with Crippen LogP contribution in [0.4, 0.5) is 0 Å². The Morgan fingerprint density at radius 1 is 0.630 bits per heavy atom. The summed E-state index contributed by atoms with van der Waals surface area (Å²) < 4.78 is 3.18. The van der Waals surface area contributed by atoms with E-state index in [2.05, 4.69) is 0 Å². The van der Waals surface area contributed by atoms with Gasteiger partial charge in [-0.1, -0.05) is 57.8 Å². The zero-order chi connectivity index (χ0) is 18.8. The smallest absolute Gasteiger partial charge is 0.334 e. The molecule has 0 unspecified atom stereocenters. The highest BCUT2D eigenvalue weighted by molar-refractivity contribution is 5.29. The van der Waals surface area contributed by atoms with Gasteiger partial charge in [-0.25, -0.2) is 4.79 Å². The Kier molecular flexibility index (Phi) is 5.74. The van der Waals surface area contributed by atoms with Gasteiger partial charge in [-0.3, -0.25) is 13.9 Å². The first-order chi connectivity index (χ1) is 13.2. The predicted molar refractivity (Wildman–Crippen MR) is 107 cm³/mol. The lowest BCUT2D eigenvalue weighted by Gasteiger charge is -2.31. The Morgan fingerprint density at radius 3 is 1.59 bits per heavy atom. The van der Waals surface area contributed by atoms with Crippen molar-refractivity contribution in [3.63, 3.8) is 0 Å². The van der Waals surface area contributed by atoms with Gasteiger partial charge in [0.15, 0.2) is 0 Å². The highest BCUT2D eigenvalue weighted by Crippen LogP contribution is 2.38. The molecule has 0 aliphatic heterocycles. The third kappa shape index (κ3) is 3.62. The summed E-state index contributed by atoms with van der Waals surface area (Å²) in [4.78, 5) is 26.8. The zero-order valence-electron chi connectivity index (χ0n) is 16.5. The van der Waals surface area contributed by atoms with Crippen molar-refractivity contribution >= 4 is 0 Å². The molecule has 1 N–H and O–H groups in total. The summed E-state index contributed by atoms with van der Waals surface area (Å²) in [6.07, 6.45) is 15.8. The molecule has 3 saturated carbocycles. The summed E-state index contributed by atoms with van der Waals surface area (Å²) in [5.74, 6) is 0.104. The van der Waals surface area contributed by atoms with Crippen LogP contribution in [0.1, 0.15) is 120 Å². The second kappa shape index (κ2) is 8.24. The first-order valence-electron chi connectivity index (χ1n) is 11.3. The Bertz CT molecular complexity index is 708. The Labute approximate surface area is 161 Å². The Hall–Kier alpha value is -1.52. The number of nitrogens with zero attached hydrogens (tertiary/aromatic N) is 2. The van der Waals surface area contributed by atoms with Crippen LogP contribution >= 0.6 is 0 Å². The second-order valence-electron chi connectivity index (χ2n) is 8.98. The van der Waals surface area contributed by atoms with E-state index in [0.717, 1.165) is 77.0 Å². The number of rotatable bonds is 3. The lowest BCUT2D eigenvalue weighted by atomic mass is 9.84. The van der Waals surface area contributed by atoms with E-state index in [9.17, 15) is 14.7 Å². The zero-order valence-corrected chi connectivity index (χ0v) is 16.5. The van der Waals surface area contributed by atoms with Gasteiger partial charge in [0.05, 0.1) is 5.56 Å². The van der Waals surface area contributed by atoms with Crippen LogP contribution < -0.4 is 11.2 Å². The molecule has 3 aliphatic carbocycles. The fourth-order valence-electron chi connectivity index (χ4n) is 5.73. The van der Waals surface area contributed by atoms with Gasteiger partial charge in [0.2, 0.25) is 5.88 Å². The van der Waals surface area contributed by atoms with Gasteiger partial charge in [0.1, 0.15) is 0 Å². The lowest BCUT2D eigenvalue weighted by molar-refractivity contribution is 0.263. The highest BCUT2D eigenvalue weighted by Gasteiger charge is 2.32. The predicted octanol–water partition coefficient (Wildman–Crippen LogP) is 4.77. The minimum Gasteiger partial charge on any atom is -0.494 e. The maximum Gasteiger partial charge on any atom is 0.334 e. The summed E-state index contributed by atoms with van der Waals surface area (Å²) in [5, 5.41) is 11.1. The van der Waals surface area contributed by atoms with Crippen molar-refractivity contribution in [1.82, 2.24) is 9.13 Å². The molecule has 0 atom stereocenters. The molecule has 1 aromatic rings. The molecule has 5 nitrogen and oxygen atoms in total. The van der Waals surface area contributed by atoms with Gasteiger partial charge in [-0.05, 0) is 44.4 Å². The van der Waals surface area contributed by atoms with Crippen molar-refractivity contribution in [2.45, 2.75) is 114 Å². The van der Waals surface area contributed by atoms with Crippen LogP contribution in [0.3, 0.4) is 0 Å². The summed E-state index contributed by atoms with van der Waals surface area (Å²) in [7, 11) is 0. The van der Waals surface area contributed by atoms with E-state index in [0.29, 0.717) is 5.56 Å². The molecular formula is C22H34N2O3. The van der Waals surface area contributed by atoms with Crippen LogP contribution in [0.5, 0.6) is 5.88 Å². The summed E-state index contributed by atoms with van der Waals surface area (Å²) in [6, 6.07) is 0.0561. The van der Waals surface area contributed by atoms with Crippen LogP contribution in [0.25, 0.3) is 0 Å². The average molecular weight is 375 g/mol. The first kappa shape index (κ1) is 18.8. The molecule has 0 spiro atoms. The third-order valence-corrected chi connectivity index (χ3v) is 7.22. The molecule has 0 aromatic carbocycles. The molecule has 150 valence electrons. The van der Waals surface area contributed by atoms with E-state index in [-0.39, 0.29) is 35.1 Å². The van der Waals surface area contributed by atoms with Crippen LogP contribution in [0.2, 0.25) is 0 Å². The van der Waals surface area contributed by atoms with Gasteiger partial charge in [0, 0.05) is 12.1 Å².